The van der Waals surface area contributed by atoms with Gasteiger partial charge in [-0.25, -0.2) is 0 Å². The summed E-state index contributed by atoms with van der Waals surface area (Å²) in [6, 6.07) is 7.39. The molecule has 0 spiro atoms. The highest BCUT2D eigenvalue weighted by Gasteiger charge is 2.45. The van der Waals surface area contributed by atoms with E-state index in [2.05, 4.69) is 0 Å². The normalized spacial score (nSPS) is 20.2. The van der Waals surface area contributed by atoms with Gasteiger partial charge in [0.05, 0.1) is 13.2 Å². The maximum absolute atomic E-state index is 9.92. The van der Waals surface area contributed by atoms with E-state index in [1.54, 1.807) is 7.11 Å². The van der Waals surface area contributed by atoms with Crippen LogP contribution in [0.3, 0.4) is 0 Å². The zero-order valence-corrected chi connectivity index (χ0v) is 8.23. The molecule has 3 heteroatoms. The number of hydrogen-bond acceptors (Lipinski definition) is 3. The van der Waals surface area contributed by atoms with Gasteiger partial charge in [-0.05, 0) is 30.5 Å². The van der Waals surface area contributed by atoms with Crippen molar-refractivity contribution in [2.24, 2.45) is 5.73 Å². The molecule has 0 amide bonds. The summed E-state index contributed by atoms with van der Waals surface area (Å²) in [5, 5.41) is 9.92. The molecule has 1 atom stereocenters. The average Bonchev–Trinajstić information content (AvgIpc) is 2.97. The van der Waals surface area contributed by atoms with Crippen LogP contribution in [0.15, 0.2) is 24.3 Å². The van der Waals surface area contributed by atoms with E-state index >= 15 is 0 Å². The van der Waals surface area contributed by atoms with Crippen molar-refractivity contribution in [3.63, 3.8) is 0 Å². The standard InChI is InChI=1S/C11H15NO2/c1-14-9-4-2-8(3-5-9)10(13)11(12)6-7-11/h2-5,10,13H,6-7,12H2,1H3. The lowest BCUT2D eigenvalue weighted by molar-refractivity contribution is 0.136. The molecule has 1 aliphatic carbocycles. The second-order valence-electron chi connectivity index (χ2n) is 3.91. The fourth-order valence-corrected chi connectivity index (χ4v) is 1.54. The van der Waals surface area contributed by atoms with Gasteiger partial charge in [-0.15, -0.1) is 0 Å². The third kappa shape index (κ3) is 1.61. The Kier molecular flexibility index (Phi) is 2.21. The number of nitrogens with two attached hydrogens (primary N) is 1. The molecule has 1 unspecified atom stereocenters. The topological polar surface area (TPSA) is 55.5 Å². The van der Waals surface area contributed by atoms with Crippen LogP contribution in [0.25, 0.3) is 0 Å². The van der Waals surface area contributed by atoms with Gasteiger partial charge in [-0.1, -0.05) is 12.1 Å². The summed E-state index contributed by atoms with van der Waals surface area (Å²) < 4.78 is 5.04. The first-order chi connectivity index (χ1) is 6.65. The van der Waals surface area contributed by atoms with E-state index in [-0.39, 0.29) is 5.54 Å². The van der Waals surface area contributed by atoms with Crippen LogP contribution in [0.2, 0.25) is 0 Å². The zero-order valence-electron chi connectivity index (χ0n) is 8.23. The Bertz CT molecular complexity index is 317. The molecule has 0 saturated heterocycles. The Morgan fingerprint density at radius 3 is 2.36 bits per heavy atom. The van der Waals surface area contributed by atoms with E-state index in [0.29, 0.717) is 0 Å². The number of rotatable bonds is 3. The van der Waals surface area contributed by atoms with Crippen molar-refractivity contribution in [2.75, 3.05) is 7.11 Å². The molecule has 1 aromatic carbocycles. The summed E-state index contributed by atoms with van der Waals surface area (Å²) in [5.41, 5.74) is 6.40. The highest BCUT2D eigenvalue weighted by Crippen LogP contribution is 2.43. The molecular formula is C11H15NO2. The van der Waals surface area contributed by atoms with Gasteiger partial charge in [0.1, 0.15) is 5.75 Å². The molecule has 14 heavy (non-hydrogen) atoms. The number of benzene rings is 1. The predicted octanol–water partition coefficient (Wildman–Crippen LogP) is 1.22. The van der Waals surface area contributed by atoms with E-state index in [4.69, 9.17) is 10.5 Å². The molecule has 0 heterocycles. The summed E-state index contributed by atoms with van der Waals surface area (Å²) in [5.74, 6) is 0.794. The summed E-state index contributed by atoms with van der Waals surface area (Å²) >= 11 is 0. The molecular weight excluding hydrogens is 178 g/mol. The third-order valence-corrected chi connectivity index (χ3v) is 2.80. The molecule has 1 saturated carbocycles. The molecule has 0 aliphatic heterocycles. The number of aliphatic hydroxyl groups excluding tert-OH is 1. The maximum Gasteiger partial charge on any atom is 0.118 e. The smallest absolute Gasteiger partial charge is 0.118 e. The minimum absolute atomic E-state index is 0.380. The lowest BCUT2D eigenvalue weighted by Gasteiger charge is -2.17. The summed E-state index contributed by atoms with van der Waals surface area (Å²) in [6.07, 6.45) is 1.26. The Labute approximate surface area is 83.5 Å². The summed E-state index contributed by atoms with van der Waals surface area (Å²) in [7, 11) is 1.62. The van der Waals surface area contributed by atoms with Crippen LogP contribution in [-0.2, 0) is 0 Å². The number of ether oxygens (including phenoxy) is 1. The quantitative estimate of drug-likeness (QED) is 0.759. The first-order valence-corrected chi connectivity index (χ1v) is 4.77. The third-order valence-electron chi connectivity index (χ3n) is 2.80. The molecule has 0 bridgehead atoms. The predicted molar refractivity (Wildman–Crippen MR) is 54.1 cm³/mol. The molecule has 76 valence electrons. The van der Waals surface area contributed by atoms with Crippen molar-refractivity contribution < 1.29 is 9.84 Å². The fraction of sp³-hybridized carbons (Fsp3) is 0.455. The fourth-order valence-electron chi connectivity index (χ4n) is 1.54. The lowest BCUT2D eigenvalue weighted by Crippen LogP contribution is -2.30. The summed E-state index contributed by atoms with van der Waals surface area (Å²) in [4.78, 5) is 0. The largest absolute Gasteiger partial charge is 0.497 e. The van der Waals surface area contributed by atoms with Gasteiger partial charge in [0.25, 0.3) is 0 Å². The zero-order chi connectivity index (χ0) is 10.2. The Morgan fingerprint density at radius 2 is 1.93 bits per heavy atom. The molecule has 1 aromatic rings. The van der Waals surface area contributed by atoms with Crippen LogP contribution >= 0.6 is 0 Å². The van der Waals surface area contributed by atoms with Gasteiger partial charge in [0, 0.05) is 5.54 Å². The van der Waals surface area contributed by atoms with Crippen LogP contribution in [0.5, 0.6) is 5.75 Å². The molecule has 2 rings (SSSR count). The van der Waals surface area contributed by atoms with Gasteiger partial charge in [0.15, 0.2) is 0 Å². The van der Waals surface area contributed by atoms with Crippen molar-refractivity contribution in [3.8, 4) is 5.75 Å². The molecule has 0 radical (unpaired) electrons. The lowest BCUT2D eigenvalue weighted by atomic mass is 10.0. The number of hydrogen-bond donors (Lipinski definition) is 2. The van der Waals surface area contributed by atoms with Gasteiger partial charge in [0.2, 0.25) is 0 Å². The SMILES string of the molecule is COc1ccc(C(O)C2(N)CC2)cc1. The van der Waals surface area contributed by atoms with Crippen LogP contribution in [0.4, 0.5) is 0 Å². The highest BCUT2D eigenvalue weighted by atomic mass is 16.5. The van der Waals surface area contributed by atoms with Gasteiger partial charge in [-0.3, -0.25) is 0 Å². The minimum atomic E-state index is -0.548. The molecule has 3 nitrogen and oxygen atoms in total. The van der Waals surface area contributed by atoms with Crippen LogP contribution in [-0.4, -0.2) is 17.8 Å². The summed E-state index contributed by atoms with van der Waals surface area (Å²) in [6.45, 7) is 0. The molecule has 1 fully saturated rings. The van der Waals surface area contributed by atoms with Crippen LogP contribution < -0.4 is 10.5 Å². The van der Waals surface area contributed by atoms with Crippen LogP contribution in [0.1, 0.15) is 24.5 Å². The van der Waals surface area contributed by atoms with Gasteiger partial charge >= 0.3 is 0 Å². The Hall–Kier alpha value is -1.06. The first-order valence-electron chi connectivity index (χ1n) is 4.77. The first kappa shape index (κ1) is 9.49. The second kappa shape index (κ2) is 3.26. The second-order valence-corrected chi connectivity index (χ2v) is 3.91. The molecule has 3 N–H and O–H groups in total. The van der Waals surface area contributed by atoms with Crippen molar-refractivity contribution in [3.05, 3.63) is 29.8 Å². The molecule has 1 aliphatic rings. The van der Waals surface area contributed by atoms with E-state index < -0.39 is 6.10 Å². The minimum Gasteiger partial charge on any atom is -0.497 e. The highest BCUT2D eigenvalue weighted by molar-refractivity contribution is 5.31. The monoisotopic (exact) mass is 193 g/mol. The van der Waals surface area contributed by atoms with Crippen LogP contribution in [0, 0.1) is 0 Å². The molecule has 0 aromatic heterocycles. The van der Waals surface area contributed by atoms with E-state index in [1.165, 1.54) is 0 Å². The number of aliphatic hydroxyl groups is 1. The van der Waals surface area contributed by atoms with Crippen molar-refractivity contribution in [1.82, 2.24) is 0 Å². The van der Waals surface area contributed by atoms with Crippen molar-refractivity contribution >= 4 is 0 Å². The number of methoxy groups -OCH3 is 1. The van der Waals surface area contributed by atoms with E-state index in [1.807, 2.05) is 24.3 Å². The van der Waals surface area contributed by atoms with Gasteiger partial charge < -0.3 is 15.6 Å². The Morgan fingerprint density at radius 1 is 1.36 bits per heavy atom. The average molecular weight is 193 g/mol. The Balaban J connectivity index is 2.16. The van der Waals surface area contributed by atoms with Gasteiger partial charge in [-0.2, -0.15) is 0 Å². The van der Waals surface area contributed by atoms with Crippen molar-refractivity contribution in [2.45, 2.75) is 24.5 Å². The van der Waals surface area contributed by atoms with Crippen molar-refractivity contribution in [1.29, 1.82) is 0 Å². The van der Waals surface area contributed by atoms with E-state index in [0.717, 1.165) is 24.2 Å². The van der Waals surface area contributed by atoms with E-state index in [9.17, 15) is 5.11 Å². The maximum atomic E-state index is 9.92.